The van der Waals surface area contributed by atoms with Gasteiger partial charge in [0.15, 0.2) is 5.82 Å². The lowest BCUT2D eigenvalue weighted by molar-refractivity contribution is -0.117. The van der Waals surface area contributed by atoms with Gasteiger partial charge in [-0.05, 0) is 6.92 Å². The van der Waals surface area contributed by atoms with Crippen molar-refractivity contribution >= 4 is 23.1 Å². The molecule has 22 heavy (non-hydrogen) atoms. The molecule has 0 saturated carbocycles. The van der Waals surface area contributed by atoms with Crippen molar-refractivity contribution in [1.29, 1.82) is 0 Å². The van der Waals surface area contributed by atoms with Crippen LogP contribution in [0.5, 0.6) is 0 Å². The number of anilines is 1. The highest BCUT2D eigenvalue weighted by Gasteiger charge is 2.19. The van der Waals surface area contributed by atoms with Gasteiger partial charge >= 0.3 is 0 Å². The van der Waals surface area contributed by atoms with E-state index >= 15 is 0 Å². The van der Waals surface area contributed by atoms with Crippen LogP contribution in [0.4, 0.5) is 5.82 Å². The van der Waals surface area contributed by atoms with Crippen LogP contribution >= 0.6 is 11.3 Å². The van der Waals surface area contributed by atoms with E-state index in [1.807, 2.05) is 5.51 Å². The molecule has 1 fully saturated rings. The molecule has 0 spiro atoms. The van der Waals surface area contributed by atoms with E-state index < -0.39 is 0 Å². The van der Waals surface area contributed by atoms with E-state index in [2.05, 4.69) is 30.6 Å². The summed E-state index contributed by atoms with van der Waals surface area (Å²) in [5.41, 5.74) is 2.99. The number of nitrogens with zero attached hydrogens (tertiary/aromatic N) is 4. The van der Waals surface area contributed by atoms with Crippen molar-refractivity contribution in [2.24, 2.45) is 0 Å². The normalized spacial score (nSPS) is 16.8. The van der Waals surface area contributed by atoms with E-state index in [9.17, 15) is 4.79 Å². The monoisotopic (exact) mass is 321 g/mol. The second-order valence-electron chi connectivity index (χ2n) is 5.40. The van der Waals surface area contributed by atoms with Crippen LogP contribution in [-0.4, -0.2) is 58.6 Å². The van der Waals surface area contributed by atoms with Gasteiger partial charge in [0.1, 0.15) is 5.76 Å². The third kappa shape index (κ3) is 4.12. The molecule has 1 saturated heterocycles. The second kappa shape index (κ2) is 6.99. The second-order valence-corrected chi connectivity index (χ2v) is 6.12. The van der Waals surface area contributed by atoms with Gasteiger partial charge in [-0.15, -0.1) is 11.3 Å². The number of nitrogens with one attached hydrogen (secondary N) is 1. The Balaban J connectivity index is 1.40. The third-order valence-corrected chi connectivity index (χ3v) is 4.23. The summed E-state index contributed by atoms with van der Waals surface area (Å²) in [5, 5.41) is 8.60. The summed E-state index contributed by atoms with van der Waals surface area (Å²) in [4.78, 5) is 20.8. The van der Waals surface area contributed by atoms with Crippen LogP contribution in [0.2, 0.25) is 0 Å². The average Bonchev–Trinajstić information content (AvgIpc) is 3.13. The molecule has 1 N–H and O–H groups in total. The lowest BCUT2D eigenvalue weighted by Crippen LogP contribution is -2.48. The van der Waals surface area contributed by atoms with Gasteiger partial charge in [-0.25, -0.2) is 4.98 Å². The van der Waals surface area contributed by atoms with Crippen molar-refractivity contribution in [3.63, 3.8) is 0 Å². The summed E-state index contributed by atoms with van der Waals surface area (Å²) < 4.78 is 4.93. The largest absolute Gasteiger partial charge is 0.360 e. The van der Waals surface area contributed by atoms with Crippen LogP contribution in [0.15, 0.2) is 21.5 Å². The fourth-order valence-electron chi connectivity index (χ4n) is 2.46. The Hall–Kier alpha value is -1.77. The molecule has 1 aliphatic heterocycles. The lowest BCUT2D eigenvalue weighted by atomic mass is 10.3. The Kier molecular flexibility index (Phi) is 4.81. The highest BCUT2D eigenvalue weighted by molar-refractivity contribution is 7.07. The topological polar surface area (TPSA) is 74.5 Å². The molecule has 0 aromatic carbocycles. The number of piperazine rings is 1. The zero-order chi connectivity index (χ0) is 15.4. The molecule has 2 aromatic rings. The maximum absolute atomic E-state index is 12.0. The van der Waals surface area contributed by atoms with Crippen molar-refractivity contribution in [2.75, 3.05) is 38.0 Å². The molecule has 0 radical (unpaired) electrons. The average molecular weight is 321 g/mol. The maximum atomic E-state index is 12.0. The Morgan fingerprint density at radius 1 is 1.36 bits per heavy atom. The molecular formula is C14H19N5O2S. The Morgan fingerprint density at radius 2 is 2.14 bits per heavy atom. The number of amides is 1. The number of hydrogen-bond acceptors (Lipinski definition) is 7. The van der Waals surface area contributed by atoms with E-state index in [-0.39, 0.29) is 5.91 Å². The Bertz CT molecular complexity index is 605. The van der Waals surface area contributed by atoms with E-state index in [1.165, 1.54) is 0 Å². The molecule has 0 bridgehead atoms. The quantitative estimate of drug-likeness (QED) is 0.892. The van der Waals surface area contributed by atoms with Gasteiger partial charge in [0.05, 0.1) is 17.7 Å². The molecule has 3 rings (SSSR count). The van der Waals surface area contributed by atoms with E-state index in [0.717, 1.165) is 38.4 Å². The molecule has 7 nitrogen and oxygen atoms in total. The number of rotatable bonds is 5. The molecule has 1 amide bonds. The SMILES string of the molecule is Cc1cc(NC(=O)CN2CCN(Cc3cscn3)CC2)no1. The standard InChI is InChI=1S/C14H19N5O2S/c1-11-6-13(17-21-11)16-14(20)8-19-4-2-18(3-5-19)7-12-9-22-10-15-12/h6,9-10H,2-5,7-8H2,1H3,(H,16,17,20). The van der Waals surface area contributed by atoms with Gasteiger partial charge < -0.3 is 9.84 Å². The molecule has 118 valence electrons. The van der Waals surface area contributed by atoms with Crippen LogP contribution in [0.25, 0.3) is 0 Å². The van der Waals surface area contributed by atoms with Crippen molar-refractivity contribution < 1.29 is 9.32 Å². The zero-order valence-corrected chi connectivity index (χ0v) is 13.3. The van der Waals surface area contributed by atoms with Gasteiger partial charge in [-0.3, -0.25) is 14.6 Å². The first kappa shape index (κ1) is 15.1. The minimum absolute atomic E-state index is 0.0544. The number of carbonyl (C=O) groups is 1. The number of carbonyl (C=O) groups excluding carboxylic acids is 1. The van der Waals surface area contributed by atoms with Crippen molar-refractivity contribution in [3.8, 4) is 0 Å². The van der Waals surface area contributed by atoms with Gasteiger partial charge in [-0.2, -0.15) is 0 Å². The van der Waals surface area contributed by atoms with E-state index in [1.54, 1.807) is 24.3 Å². The van der Waals surface area contributed by atoms with Crippen LogP contribution in [0, 0.1) is 6.92 Å². The molecule has 0 unspecified atom stereocenters. The first-order valence-electron chi connectivity index (χ1n) is 7.24. The van der Waals surface area contributed by atoms with Crippen molar-refractivity contribution in [2.45, 2.75) is 13.5 Å². The minimum atomic E-state index is -0.0544. The molecule has 2 aromatic heterocycles. The van der Waals surface area contributed by atoms with E-state index in [4.69, 9.17) is 4.52 Å². The fraction of sp³-hybridized carbons (Fsp3) is 0.500. The smallest absolute Gasteiger partial charge is 0.239 e. The number of aryl methyl sites for hydroxylation is 1. The molecule has 0 aliphatic carbocycles. The molecule has 1 aliphatic rings. The summed E-state index contributed by atoms with van der Waals surface area (Å²) in [7, 11) is 0. The first-order chi connectivity index (χ1) is 10.7. The van der Waals surface area contributed by atoms with Crippen molar-refractivity contribution in [3.05, 3.63) is 28.4 Å². The lowest BCUT2D eigenvalue weighted by Gasteiger charge is -2.33. The number of thiazole rings is 1. The predicted octanol–water partition coefficient (Wildman–Crippen LogP) is 1.20. The Morgan fingerprint density at radius 3 is 2.77 bits per heavy atom. The van der Waals surface area contributed by atoms with Crippen LogP contribution < -0.4 is 5.32 Å². The third-order valence-electron chi connectivity index (χ3n) is 3.60. The van der Waals surface area contributed by atoms with Gasteiger partial charge in [-0.1, -0.05) is 5.16 Å². The molecule has 0 atom stereocenters. The van der Waals surface area contributed by atoms with E-state index in [0.29, 0.717) is 18.1 Å². The maximum Gasteiger partial charge on any atom is 0.239 e. The van der Waals surface area contributed by atoms with Crippen LogP contribution in [-0.2, 0) is 11.3 Å². The summed E-state index contributed by atoms with van der Waals surface area (Å²) in [6.45, 7) is 6.75. The summed E-state index contributed by atoms with van der Waals surface area (Å²) >= 11 is 1.63. The fourth-order valence-corrected chi connectivity index (χ4v) is 3.01. The summed E-state index contributed by atoms with van der Waals surface area (Å²) in [6.07, 6.45) is 0. The van der Waals surface area contributed by atoms with Gasteiger partial charge in [0.2, 0.25) is 5.91 Å². The molecule has 8 heteroatoms. The van der Waals surface area contributed by atoms with Crippen LogP contribution in [0.3, 0.4) is 0 Å². The molecular weight excluding hydrogens is 302 g/mol. The predicted molar refractivity (Wildman–Crippen MR) is 83.7 cm³/mol. The number of aromatic nitrogens is 2. The summed E-state index contributed by atoms with van der Waals surface area (Å²) in [5.74, 6) is 1.11. The highest BCUT2D eigenvalue weighted by atomic mass is 32.1. The minimum Gasteiger partial charge on any atom is -0.360 e. The van der Waals surface area contributed by atoms with Gasteiger partial charge in [0.25, 0.3) is 0 Å². The number of hydrogen-bond donors (Lipinski definition) is 1. The first-order valence-corrected chi connectivity index (χ1v) is 8.18. The van der Waals surface area contributed by atoms with Gasteiger partial charge in [0, 0.05) is 44.2 Å². The summed E-state index contributed by atoms with van der Waals surface area (Å²) in [6, 6.07) is 1.71. The Labute approximate surface area is 132 Å². The van der Waals surface area contributed by atoms with Crippen LogP contribution in [0.1, 0.15) is 11.5 Å². The van der Waals surface area contributed by atoms with Crippen molar-refractivity contribution in [1.82, 2.24) is 19.9 Å². The molecule has 3 heterocycles. The highest BCUT2D eigenvalue weighted by Crippen LogP contribution is 2.10. The zero-order valence-electron chi connectivity index (χ0n) is 12.5.